The van der Waals surface area contributed by atoms with Crippen LogP contribution in [-0.2, 0) is 16.0 Å². The first-order chi connectivity index (χ1) is 12.3. The number of carbonyl (C=O) groups excluding carboxylic acids is 2. The van der Waals surface area contributed by atoms with Crippen LogP contribution in [0.1, 0.15) is 26.3 Å². The van der Waals surface area contributed by atoms with Crippen molar-refractivity contribution in [3.05, 3.63) is 66.2 Å². The van der Waals surface area contributed by atoms with Crippen molar-refractivity contribution >= 4 is 17.7 Å². The zero-order chi connectivity index (χ0) is 19.2. The number of ether oxygens (including phenoxy) is 1. The number of rotatable bonds is 5. The number of nitrogens with one attached hydrogen (secondary N) is 1. The van der Waals surface area contributed by atoms with E-state index >= 15 is 0 Å². The van der Waals surface area contributed by atoms with Crippen LogP contribution in [0, 0.1) is 0 Å². The molecule has 0 aliphatic carbocycles. The van der Waals surface area contributed by atoms with E-state index in [4.69, 9.17) is 4.74 Å². The van der Waals surface area contributed by atoms with E-state index in [1.165, 1.54) is 0 Å². The average molecular weight is 354 g/mol. The van der Waals surface area contributed by atoms with E-state index in [1.54, 1.807) is 32.7 Å². The molecule has 0 unspecified atom stereocenters. The van der Waals surface area contributed by atoms with E-state index in [1.807, 2.05) is 60.7 Å². The fourth-order valence-corrected chi connectivity index (χ4v) is 2.51. The van der Waals surface area contributed by atoms with Crippen molar-refractivity contribution in [1.82, 2.24) is 5.32 Å². The molecule has 0 heterocycles. The number of alkyl carbamates (subject to hydrolysis) is 1. The second-order valence-electron chi connectivity index (χ2n) is 7.12. The van der Waals surface area contributed by atoms with Crippen LogP contribution < -0.4 is 10.2 Å². The number of carbonyl (C=O) groups is 2. The summed E-state index contributed by atoms with van der Waals surface area (Å²) in [7, 11) is 1.70. The Bertz CT molecular complexity index is 724. The second kappa shape index (κ2) is 8.52. The molecule has 5 nitrogen and oxygen atoms in total. The molecule has 5 heteroatoms. The second-order valence-corrected chi connectivity index (χ2v) is 7.12. The zero-order valence-corrected chi connectivity index (χ0v) is 15.7. The molecule has 138 valence electrons. The number of benzene rings is 2. The van der Waals surface area contributed by atoms with Crippen molar-refractivity contribution in [1.29, 1.82) is 0 Å². The van der Waals surface area contributed by atoms with Crippen LogP contribution in [0.4, 0.5) is 10.5 Å². The number of amides is 2. The van der Waals surface area contributed by atoms with Crippen LogP contribution in [-0.4, -0.2) is 30.7 Å². The zero-order valence-electron chi connectivity index (χ0n) is 15.7. The third-order valence-electron chi connectivity index (χ3n) is 3.75. The smallest absolute Gasteiger partial charge is 0.408 e. The third-order valence-corrected chi connectivity index (χ3v) is 3.75. The molecule has 2 aromatic carbocycles. The lowest BCUT2D eigenvalue weighted by Crippen LogP contribution is -2.50. The van der Waals surface area contributed by atoms with Crippen molar-refractivity contribution in [2.24, 2.45) is 0 Å². The van der Waals surface area contributed by atoms with Crippen LogP contribution in [0.25, 0.3) is 0 Å². The lowest BCUT2D eigenvalue weighted by atomic mass is 10.0. The van der Waals surface area contributed by atoms with Gasteiger partial charge in [-0.15, -0.1) is 0 Å². The van der Waals surface area contributed by atoms with Gasteiger partial charge in [0.05, 0.1) is 0 Å². The summed E-state index contributed by atoms with van der Waals surface area (Å²) in [5, 5.41) is 2.72. The molecule has 0 fully saturated rings. The van der Waals surface area contributed by atoms with Crippen molar-refractivity contribution in [3.63, 3.8) is 0 Å². The Morgan fingerprint density at radius 3 is 2.08 bits per heavy atom. The molecule has 0 radical (unpaired) electrons. The summed E-state index contributed by atoms with van der Waals surface area (Å²) in [6, 6.07) is 18.2. The Labute approximate surface area is 155 Å². The van der Waals surface area contributed by atoms with Gasteiger partial charge in [0.1, 0.15) is 11.6 Å². The quantitative estimate of drug-likeness (QED) is 0.889. The summed E-state index contributed by atoms with van der Waals surface area (Å²) in [6.45, 7) is 5.37. The van der Waals surface area contributed by atoms with E-state index < -0.39 is 17.7 Å². The summed E-state index contributed by atoms with van der Waals surface area (Å²) in [4.78, 5) is 26.8. The number of hydrogen-bond donors (Lipinski definition) is 1. The summed E-state index contributed by atoms with van der Waals surface area (Å²) in [5.74, 6) is -0.203. The van der Waals surface area contributed by atoms with Crippen LogP contribution >= 0.6 is 0 Å². The molecule has 2 rings (SSSR count). The highest BCUT2D eigenvalue weighted by Gasteiger charge is 2.27. The van der Waals surface area contributed by atoms with Gasteiger partial charge in [-0.25, -0.2) is 4.79 Å². The Morgan fingerprint density at radius 1 is 1.00 bits per heavy atom. The standard InChI is InChI=1S/C21H26N2O3/c1-21(2,3)26-20(25)22-18(15-16-11-7-5-8-12-16)19(24)23(4)17-13-9-6-10-14-17/h5-14,18H,15H2,1-4H3,(H,22,25)/t18-/m0/s1. The van der Waals surface area contributed by atoms with E-state index in [-0.39, 0.29) is 5.91 Å². The molecule has 0 saturated carbocycles. The van der Waals surface area contributed by atoms with Gasteiger partial charge in [-0.05, 0) is 38.5 Å². The van der Waals surface area contributed by atoms with Gasteiger partial charge >= 0.3 is 6.09 Å². The molecule has 0 aliphatic heterocycles. The minimum atomic E-state index is -0.725. The van der Waals surface area contributed by atoms with Crippen LogP contribution in [0.3, 0.4) is 0 Å². The first-order valence-corrected chi connectivity index (χ1v) is 8.62. The number of anilines is 1. The highest BCUT2D eigenvalue weighted by atomic mass is 16.6. The Kier molecular flexibility index (Phi) is 6.39. The summed E-state index contributed by atoms with van der Waals surface area (Å²) < 4.78 is 5.32. The van der Waals surface area contributed by atoms with Gasteiger partial charge in [-0.2, -0.15) is 0 Å². The van der Waals surface area contributed by atoms with Crippen LogP contribution in [0.2, 0.25) is 0 Å². The number of nitrogens with zero attached hydrogens (tertiary/aromatic N) is 1. The minimum Gasteiger partial charge on any atom is -0.444 e. The molecule has 1 atom stereocenters. The Hall–Kier alpha value is -2.82. The molecule has 2 amide bonds. The van der Waals surface area contributed by atoms with Crippen molar-refractivity contribution < 1.29 is 14.3 Å². The van der Waals surface area contributed by atoms with Crippen molar-refractivity contribution in [2.75, 3.05) is 11.9 Å². The Morgan fingerprint density at radius 2 is 1.54 bits per heavy atom. The van der Waals surface area contributed by atoms with E-state index in [9.17, 15) is 9.59 Å². The van der Waals surface area contributed by atoms with Gasteiger partial charge in [-0.3, -0.25) is 4.79 Å². The molecule has 0 saturated heterocycles. The Balaban J connectivity index is 2.18. The normalized spacial score (nSPS) is 12.2. The molecule has 0 bridgehead atoms. The first-order valence-electron chi connectivity index (χ1n) is 8.62. The predicted molar refractivity (Wildman–Crippen MR) is 103 cm³/mol. The minimum absolute atomic E-state index is 0.203. The molecule has 0 aliphatic rings. The largest absolute Gasteiger partial charge is 0.444 e. The number of likely N-dealkylation sites (N-methyl/N-ethyl adjacent to an activating group) is 1. The topological polar surface area (TPSA) is 58.6 Å². The maximum absolute atomic E-state index is 13.0. The average Bonchev–Trinajstić information content (AvgIpc) is 2.60. The van der Waals surface area contributed by atoms with Crippen LogP contribution in [0.15, 0.2) is 60.7 Å². The molecule has 2 aromatic rings. The number of para-hydroxylation sites is 1. The van der Waals surface area contributed by atoms with Gasteiger partial charge in [0, 0.05) is 19.2 Å². The fraction of sp³-hybridized carbons (Fsp3) is 0.333. The third kappa shape index (κ3) is 5.92. The molecular weight excluding hydrogens is 328 g/mol. The predicted octanol–water partition coefficient (Wildman–Crippen LogP) is 3.79. The fourth-order valence-electron chi connectivity index (χ4n) is 2.51. The van der Waals surface area contributed by atoms with E-state index in [0.717, 1.165) is 11.3 Å². The summed E-state index contributed by atoms with van der Waals surface area (Å²) in [5.41, 5.74) is 1.10. The monoisotopic (exact) mass is 354 g/mol. The van der Waals surface area contributed by atoms with Gasteiger partial charge in [0.2, 0.25) is 5.91 Å². The van der Waals surface area contributed by atoms with Crippen LogP contribution in [0.5, 0.6) is 0 Å². The van der Waals surface area contributed by atoms with Gasteiger partial charge < -0.3 is 15.0 Å². The van der Waals surface area contributed by atoms with Gasteiger partial charge in [-0.1, -0.05) is 48.5 Å². The first kappa shape index (κ1) is 19.5. The summed E-state index contributed by atoms with van der Waals surface area (Å²) >= 11 is 0. The van der Waals surface area contributed by atoms with E-state index in [0.29, 0.717) is 6.42 Å². The SMILES string of the molecule is CN(C(=O)[C@H](Cc1ccccc1)NC(=O)OC(C)(C)C)c1ccccc1. The molecule has 0 spiro atoms. The summed E-state index contributed by atoms with van der Waals surface area (Å²) in [6.07, 6.45) is -0.218. The highest BCUT2D eigenvalue weighted by molar-refractivity contribution is 5.98. The molecule has 26 heavy (non-hydrogen) atoms. The van der Waals surface area contributed by atoms with Crippen molar-refractivity contribution in [3.8, 4) is 0 Å². The van der Waals surface area contributed by atoms with Crippen molar-refractivity contribution in [2.45, 2.75) is 38.8 Å². The lowest BCUT2D eigenvalue weighted by Gasteiger charge is -2.26. The van der Waals surface area contributed by atoms with Gasteiger partial charge in [0.15, 0.2) is 0 Å². The molecule has 1 N–H and O–H groups in total. The van der Waals surface area contributed by atoms with Gasteiger partial charge in [0.25, 0.3) is 0 Å². The maximum atomic E-state index is 13.0. The number of hydrogen-bond acceptors (Lipinski definition) is 3. The molecular formula is C21H26N2O3. The maximum Gasteiger partial charge on any atom is 0.408 e. The molecule has 0 aromatic heterocycles. The lowest BCUT2D eigenvalue weighted by molar-refractivity contribution is -0.120. The highest BCUT2D eigenvalue weighted by Crippen LogP contribution is 2.15. The van der Waals surface area contributed by atoms with E-state index in [2.05, 4.69) is 5.32 Å².